The number of benzene rings is 1. The zero-order chi connectivity index (χ0) is 13.8. The second-order valence-electron chi connectivity index (χ2n) is 4.40. The summed E-state index contributed by atoms with van der Waals surface area (Å²) in [6.07, 6.45) is 0.256. The highest BCUT2D eigenvalue weighted by molar-refractivity contribution is 6.36. The van der Waals surface area contributed by atoms with Crippen LogP contribution >= 0.6 is 23.2 Å². The molecule has 2 rings (SSSR count). The molecule has 4 nitrogen and oxygen atoms in total. The lowest BCUT2D eigenvalue weighted by Gasteiger charge is -2.16. The van der Waals surface area contributed by atoms with Crippen molar-refractivity contribution in [3.63, 3.8) is 0 Å². The first-order valence-corrected chi connectivity index (χ1v) is 6.86. The Morgan fingerprint density at radius 2 is 2.16 bits per heavy atom. The van der Waals surface area contributed by atoms with Gasteiger partial charge in [0.15, 0.2) is 0 Å². The predicted molar refractivity (Wildman–Crippen MR) is 73.4 cm³/mol. The molecule has 0 unspecified atom stereocenters. The summed E-state index contributed by atoms with van der Waals surface area (Å²) < 4.78 is 5.25. The van der Waals surface area contributed by atoms with Gasteiger partial charge in [-0.1, -0.05) is 29.3 Å². The molecule has 1 aromatic rings. The molecule has 0 spiro atoms. The van der Waals surface area contributed by atoms with Crippen LogP contribution in [0.3, 0.4) is 0 Å². The maximum Gasteiger partial charge on any atom is 0.249 e. The molecule has 0 aromatic heterocycles. The fourth-order valence-corrected chi connectivity index (χ4v) is 2.68. The van der Waals surface area contributed by atoms with Gasteiger partial charge in [-0.2, -0.15) is 0 Å². The Hall–Kier alpha value is -0.810. The number of ether oxygens (including phenoxy) is 1. The van der Waals surface area contributed by atoms with Gasteiger partial charge in [0, 0.05) is 28.8 Å². The summed E-state index contributed by atoms with van der Waals surface area (Å²) in [7, 11) is 0. The van der Waals surface area contributed by atoms with Crippen LogP contribution in [0.2, 0.25) is 10.0 Å². The number of halogens is 2. The van der Waals surface area contributed by atoms with Crippen LogP contribution in [0, 0.1) is 0 Å². The van der Waals surface area contributed by atoms with E-state index in [1.807, 2.05) is 0 Å². The monoisotopic (exact) mass is 303 g/mol. The summed E-state index contributed by atoms with van der Waals surface area (Å²) in [6.45, 7) is 0.666. The third-order valence-corrected chi connectivity index (χ3v) is 3.68. The average molecular weight is 304 g/mol. The SMILES string of the molecule is O=C(NC[C@H](O)c1c(Cl)cccc1Cl)[C@@H]1CCCO1. The first-order valence-electron chi connectivity index (χ1n) is 6.11. The zero-order valence-electron chi connectivity index (χ0n) is 10.2. The molecule has 1 fully saturated rings. The fraction of sp³-hybridized carbons (Fsp3) is 0.462. The van der Waals surface area contributed by atoms with E-state index >= 15 is 0 Å². The van der Waals surface area contributed by atoms with Gasteiger partial charge < -0.3 is 15.2 Å². The lowest BCUT2D eigenvalue weighted by Crippen LogP contribution is -2.36. The van der Waals surface area contributed by atoms with E-state index in [0.29, 0.717) is 22.2 Å². The lowest BCUT2D eigenvalue weighted by atomic mass is 10.1. The number of amides is 1. The Bertz CT molecular complexity index is 441. The highest BCUT2D eigenvalue weighted by Gasteiger charge is 2.24. The molecule has 19 heavy (non-hydrogen) atoms. The van der Waals surface area contributed by atoms with E-state index in [4.69, 9.17) is 27.9 Å². The van der Waals surface area contributed by atoms with Gasteiger partial charge in [0.2, 0.25) is 5.91 Å². The van der Waals surface area contributed by atoms with Gasteiger partial charge in [-0.05, 0) is 25.0 Å². The Morgan fingerprint density at radius 3 is 2.74 bits per heavy atom. The maximum absolute atomic E-state index is 11.7. The minimum absolute atomic E-state index is 0.0577. The van der Waals surface area contributed by atoms with E-state index in [-0.39, 0.29) is 12.5 Å². The minimum atomic E-state index is -0.938. The van der Waals surface area contributed by atoms with Crippen LogP contribution in [-0.2, 0) is 9.53 Å². The molecule has 6 heteroatoms. The van der Waals surface area contributed by atoms with Crippen molar-refractivity contribution >= 4 is 29.1 Å². The van der Waals surface area contributed by atoms with Crippen molar-refractivity contribution in [1.29, 1.82) is 0 Å². The van der Waals surface area contributed by atoms with Gasteiger partial charge in [-0.15, -0.1) is 0 Å². The summed E-state index contributed by atoms with van der Waals surface area (Å²) in [4.78, 5) is 11.7. The lowest BCUT2D eigenvalue weighted by molar-refractivity contribution is -0.130. The van der Waals surface area contributed by atoms with Gasteiger partial charge in [-0.25, -0.2) is 0 Å². The second kappa shape index (κ2) is 6.57. The molecular formula is C13H15Cl2NO3. The Kier molecular flexibility index (Phi) is 5.05. The van der Waals surface area contributed by atoms with Crippen LogP contribution in [0.1, 0.15) is 24.5 Å². The van der Waals surface area contributed by atoms with Crippen molar-refractivity contribution in [1.82, 2.24) is 5.32 Å². The molecule has 0 saturated carbocycles. The molecule has 104 valence electrons. The molecular weight excluding hydrogens is 289 g/mol. The van der Waals surface area contributed by atoms with E-state index in [0.717, 1.165) is 12.8 Å². The largest absolute Gasteiger partial charge is 0.386 e. The maximum atomic E-state index is 11.7. The molecule has 2 atom stereocenters. The Balaban J connectivity index is 1.93. The van der Waals surface area contributed by atoms with Crippen LogP contribution in [0.15, 0.2) is 18.2 Å². The number of carbonyl (C=O) groups excluding carboxylic acids is 1. The molecule has 0 radical (unpaired) electrons. The number of carbonyl (C=O) groups is 1. The smallest absolute Gasteiger partial charge is 0.249 e. The molecule has 2 N–H and O–H groups in total. The van der Waals surface area contributed by atoms with Crippen molar-refractivity contribution in [3.8, 4) is 0 Å². The first-order chi connectivity index (χ1) is 9.09. The fourth-order valence-electron chi connectivity index (χ4n) is 2.03. The van der Waals surface area contributed by atoms with Crippen LogP contribution in [0.4, 0.5) is 0 Å². The molecule has 1 heterocycles. The van der Waals surface area contributed by atoms with Crippen LogP contribution in [-0.4, -0.2) is 30.3 Å². The van der Waals surface area contributed by atoms with E-state index in [9.17, 15) is 9.90 Å². The number of nitrogens with one attached hydrogen (secondary N) is 1. The van der Waals surface area contributed by atoms with Crippen molar-refractivity contribution in [2.45, 2.75) is 25.0 Å². The van der Waals surface area contributed by atoms with Gasteiger partial charge >= 0.3 is 0 Å². The quantitative estimate of drug-likeness (QED) is 0.897. The molecule has 1 amide bonds. The summed E-state index contributed by atoms with van der Waals surface area (Å²) in [6, 6.07) is 4.99. The molecule has 1 aliphatic rings. The van der Waals surface area contributed by atoms with Crippen LogP contribution in [0.25, 0.3) is 0 Å². The van der Waals surface area contributed by atoms with Gasteiger partial charge in [-0.3, -0.25) is 4.79 Å². The summed E-state index contributed by atoms with van der Waals surface area (Å²) in [5.74, 6) is -0.209. The van der Waals surface area contributed by atoms with Crippen LogP contribution < -0.4 is 5.32 Å². The Morgan fingerprint density at radius 1 is 1.47 bits per heavy atom. The van der Waals surface area contributed by atoms with Crippen molar-refractivity contribution in [2.24, 2.45) is 0 Å². The van der Waals surface area contributed by atoms with Gasteiger partial charge in [0.25, 0.3) is 0 Å². The number of hydrogen-bond donors (Lipinski definition) is 2. The topological polar surface area (TPSA) is 58.6 Å². The Labute approximate surface area is 121 Å². The molecule has 1 aliphatic heterocycles. The van der Waals surface area contributed by atoms with Crippen molar-refractivity contribution < 1.29 is 14.6 Å². The summed E-state index contributed by atoms with van der Waals surface area (Å²) in [5.41, 5.74) is 0.429. The number of rotatable bonds is 4. The highest BCUT2D eigenvalue weighted by Crippen LogP contribution is 2.29. The van der Waals surface area contributed by atoms with E-state index in [1.165, 1.54) is 0 Å². The van der Waals surface area contributed by atoms with Crippen molar-refractivity contribution in [3.05, 3.63) is 33.8 Å². The number of aliphatic hydroxyl groups excluding tert-OH is 1. The van der Waals surface area contributed by atoms with Crippen molar-refractivity contribution in [2.75, 3.05) is 13.2 Å². The summed E-state index contributed by atoms with van der Waals surface area (Å²) in [5, 5.41) is 13.5. The molecule has 1 saturated heterocycles. The highest BCUT2D eigenvalue weighted by atomic mass is 35.5. The third kappa shape index (κ3) is 3.60. The van der Waals surface area contributed by atoms with Crippen LogP contribution in [0.5, 0.6) is 0 Å². The second-order valence-corrected chi connectivity index (χ2v) is 5.21. The zero-order valence-corrected chi connectivity index (χ0v) is 11.7. The number of hydrogen-bond acceptors (Lipinski definition) is 3. The van der Waals surface area contributed by atoms with Gasteiger partial charge in [0.05, 0.1) is 6.10 Å². The number of aliphatic hydroxyl groups is 1. The van der Waals surface area contributed by atoms with Gasteiger partial charge in [0.1, 0.15) is 6.10 Å². The molecule has 0 bridgehead atoms. The van der Waals surface area contributed by atoms with E-state index in [2.05, 4.69) is 5.32 Å². The summed E-state index contributed by atoms with van der Waals surface area (Å²) >= 11 is 12.0. The van der Waals surface area contributed by atoms with E-state index in [1.54, 1.807) is 18.2 Å². The third-order valence-electron chi connectivity index (χ3n) is 3.02. The first kappa shape index (κ1) is 14.6. The average Bonchev–Trinajstić information content (AvgIpc) is 2.89. The minimum Gasteiger partial charge on any atom is -0.386 e. The molecule has 0 aliphatic carbocycles. The molecule has 1 aromatic carbocycles. The standard InChI is InChI=1S/C13H15Cl2NO3/c14-8-3-1-4-9(15)12(8)10(17)7-16-13(18)11-5-2-6-19-11/h1,3-4,10-11,17H,2,5-7H2,(H,16,18)/t10-,11-/m0/s1. The van der Waals surface area contributed by atoms with E-state index < -0.39 is 12.2 Å². The predicted octanol–water partition coefficient (Wildman–Crippen LogP) is 2.32. The normalized spacial score (nSPS) is 20.3.